The molecule has 3 aromatic rings. The summed E-state index contributed by atoms with van der Waals surface area (Å²) >= 11 is 3.67. The van der Waals surface area contributed by atoms with E-state index in [4.69, 9.17) is 9.47 Å². The molecule has 160 valence electrons. The third-order valence-electron chi connectivity index (χ3n) is 6.93. The molecule has 0 saturated carbocycles. The van der Waals surface area contributed by atoms with E-state index in [1.165, 1.54) is 0 Å². The number of amides is 1. The van der Waals surface area contributed by atoms with Gasteiger partial charge in [0.1, 0.15) is 12.7 Å². The van der Waals surface area contributed by atoms with E-state index in [1.807, 2.05) is 42.5 Å². The Bertz CT molecular complexity index is 1280. The molecule has 2 aliphatic heterocycles. The molecule has 1 N–H and O–H groups in total. The van der Waals surface area contributed by atoms with Gasteiger partial charge in [-0.3, -0.25) is 4.79 Å². The first-order chi connectivity index (χ1) is 15.6. The van der Waals surface area contributed by atoms with Crippen LogP contribution < -0.4 is 14.8 Å². The lowest BCUT2D eigenvalue weighted by molar-refractivity contribution is -0.118. The SMILES string of the molecule is Cc1c(Br)ccc2c1C(C1(CC3COc4ccccc4O3)C=Cc3ccccc31)C(=O)N2. The van der Waals surface area contributed by atoms with Crippen LogP contribution in [0.15, 0.2) is 71.2 Å². The highest BCUT2D eigenvalue weighted by Gasteiger charge is 2.52. The number of anilines is 1. The molecular formula is C27H22BrNO3. The molecule has 2 heterocycles. The maximum atomic E-state index is 13.5. The number of ether oxygens (including phenoxy) is 2. The second kappa shape index (κ2) is 7.24. The molecule has 3 atom stereocenters. The third kappa shape index (κ3) is 2.84. The number of carbonyl (C=O) groups is 1. The number of benzene rings is 3. The maximum absolute atomic E-state index is 13.5. The van der Waals surface area contributed by atoms with Crippen LogP contribution in [-0.4, -0.2) is 18.6 Å². The number of halogens is 1. The number of rotatable bonds is 3. The van der Waals surface area contributed by atoms with Gasteiger partial charge in [-0.15, -0.1) is 0 Å². The van der Waals surface area contributed by atoms with E-state index in [0.29, 0.717) is 13.0 Å². The highest BCUT2D eigenvalue weighted by atomic mass is 79.9. The first-order valence-corrected chi connectivity index (χ1v) is 11.6. The molecule has 0 fully saturated rings. The van der Waals surface area contributed by atoms with Gasteiger partial charge in [0.15, 0.2) is 11.5 Å². The summed E-state index contributed by atoms with van der Waals surface area (Å²) < 4.78 is 13.4. The molecular weight excluding hydrogens is 466 g/mol. The standard InChI is InChI=1S/C27H22BrNO3/c1-16-20(28)10-11-21-24(16)25(26(30)29-21)27(13-12-17-6-2-3-7-19(17)27)14-18-15-31-22-8-4-5-9-23(22)32-18/h2-13,18,25H,14-15H2,1H3,(H,29,30). The lowest BCUT2D eigenvalue weighted by Crippen LogP contribution is -2.42. The predicted octanol–water partition coefficient (Wildman–Crippen LogP) is 5.99. The zero-order valence-corrected chi connectivity index (χ0v) is 19.2. The molecule has 1 amide bonds. The molecule has 6 rings (SSSR count). The Morgan fingerprint density at radius 2 is 1.84 bits per heavy atom. The quantitative estimate of drug-likeness (QED) is 0.493. The van der Waals surface area contributed by atoms with Crippen LogP contribution in [0.25, 0.3) is 6.08 Å². The molecule has 0 saturated heterocycles. The first-order valence-electron chi connectivity index (χ1n) is 10.8. The van der Waals surface area contributed by atoms with Crippen molar-refractivity contribution >= 4 is 33.6 Å². The van der Waals surface area contributed by atoms with Gasteiger partial charge in [-0.1, -0.05) is 64.5 Å². The molecule has 3 aromatic carbocycles. The van der Waals surface area contributed by atoms with Gasteiger partial charge >= 0.3 is 0 Å². The Morgan fingerprint density at radius 1 is 1.06 bits per heavy atom. The molecule has 0 radical (unpaired) electrons. The lowest BCUT2D eigenvalue weighted by Gasteiger charge is -2.39. The zero-order valence-electron chi connectivity index (χ0n) is 17.6. The largest absolute Gasteiger partial charge is 0.486 e. The molecule has 32 heavy (non-hydrogen) atoms. The number of nitrogens with one attached hydrogen (secondary N) is 1. The van der Waals surface area contributed by atoms with Crippen LogP contribution in [-0.2, 0) is 10.2 Å². The second-order valence-electron chi connectivity index (χ2n) is 8.72. The van der Waals surface area contributed by atoms with Crippen LogP contribution in [0.1, 0.15) is 34.6 Å². The van der Waals surface area contributed by atoms with Gasteiger partial charge in [0.2, 0.25) is 5.91 Å². The van der Waals surface area contributed by atoms with Crippen LogP contribution in [0.4, 0.5) is 5.69 Å². The van der Waals surface area contributed by atoms with Crippen molar-refractivity contribution < 1.29 is 14.3 Å². The third-order valence-corrected chi connectivity index (χ3v) is 7.79. The highest BCUT2D eigenvalue weighted by molar-refractivity contribution is 9.10. The minimum absolute atomic E-state index is 0.0275. The molecule has 5 heteroatoms. The summed E-state index contributed by atoms with van der Waals surface area (Å²) in [4.78, 5) is 13.5. The Kier molecular flexibility index (Phi) is 4.44. The summed E-state index contributed by atoms with van der Waals surface area (Å²) in [5.41, 5.74) is 4.83. The summed E-state index contributed by atoms with van der Waals surface area (Å²) in [6, 6.07) is 20.1. The summed E-state index contributed by atoms with van der Waals surface area (Å²) in [5, 5.41) is 3.14. The van der Waals surface area contributed by atoms with Crippen molar-refractivity contribution in [2.24, 2.45) is 0 Å². The van der Waals surface area contributed by atoms with E-state index in [-0.39, 0.29) is 17.9 Å². The van der Waals surface area contributed by atoms with Crippen LogP contribution in [0.5, 0.6) is 11.5 Å². The fourth-order valence-electron chi connectivity index (χ4n) is 5.49. The number of carbonyl (C=O) groups excluding carboxylic acids is 1. The molecule has 0 aromatic heterocycles. The van der Waals surface area contributed by atoms with Crippen molar-refractivity contribution in [3.8, 4) is 11.5 Å². The average Bonchev–Trinajstić information content (AvgIpc) is 3.35. The molecule has 3 aliphatic rings. The van der Waals surface area contributed by atoms with Gasteiger partial charge in [-0.25, -0.2) is 0 Å². The maximum Gasteiger partial charge on any atom is 0.233 e. The second-order valence-corrected chi connectivity index (χ2v) is 9.57. The Labute approximate surface area is 195 Å². The Balaban J connectivity index is 1.48. The van der Waals surface area contributed by atoms with Gasteiger partial charge in [0, 0.05) is 22.0 Å². The van der Waals surface area contributed by atoms with Gasteiger partial charge in [0.25, 0.3) is 0 Å². The van der Waals surface area contributed by atoms with Gasteiger partial charge in [-0.2, -0.15) is 0 Å². The van der Waals surface area contributed by atoms with E-state index < -0.39 is 5.41 Å². The van der Waals surface area contributed by atoms with Crippen molar-refractivity contribution in [2.75, 3.05) is 11.9 Å². The predicted molar refractivity (Wildman–Crippen MR) is 128 cm³/mol. The number of para-hydroxylation sites is 2. The van der Waals surface area contributed by atoms with E-state index in [9.17, 15) is 4.79 Å². The minimum atomic E-state index is -0.530. The number of fused-ring (bicyclic) bond motifs is 3. The topological polar surface area (TPSA) is 47.6 Å². The van der Waals surface area contributed by atoms with Crippen molar-refractivity contribution in [2.45, 2.75) is 30.8 Å². The van der Waals surface area contributed by atoms with E-state index >= 15 is 0 Å². The zero-order chi connectivity index (χ0) is 21.9. The highest BCUT2D eigenvalue weighted by Crippen LogP contribution is 2.55. The summed E-state index contributed by atoms with van der Waals surface area (Å²) in [6.07, 6.45) is 4.82. The van der Waals surface area contributed by atoms with E-state index in [0.717, 1.165) is 43.9 Å². The Morgan fingerprint density at radius 3 is 2.72 bits per heavy atom. The molecule has 0 bridgehead atoms. The van der Waals surface area contributed by atoms with Crippen molar-refractivity contribution in [3.63, 3.8) is 0 Å². The van der Waals surface area contributed by atoms with Crippen LogP contribution in [0.3, 0.4) is 0 Å². The fourth-order valence-corrected chi connectivity index (χ4v) is 5.84. The van der Waals surface area contributed by atoms with E-state index in [2.05, 4.69) is 58.5 Å². The average molecular weight is 488 g/mol. The monoisotopic (exact) mass is 487 g/mol. The van der Waals surface area contributed by atoms with Crippen molar-refractivity contribution in [3.05, 3.63) is 93.5 Å². The van der Waals surface area contributed by atoms with Crippen LogP contribution in [0, 0.1) is 6.92 Å². The fraction of sp³-hybridized carbons (Fsp3) is 0.222. The van der Waals surface area contributed by atoms with Gasteiger partial charge < -0.3 is 14.8 Å². The minimum Gasteiger partial charge on any atom is -0.486 e. The summed E-state index contributed by atoms with van der Waals surface area (Å²) in [6.45, 7) is 2.53. The smallest absolute Gasteiger partial charge is 0.233 e. The van der Waals surface area contributed by atoms with Gasteiger partial charge in [0.05, 0.1) is 5.92 Å². The number of hydrogen-bond donors (Lipinski definition) is 1. The first kappa shape index (κ1) is 19.6. The van der Waals surface area contributed by atoms with Crippen LogP contribution >= 0.6 is 15.9 Å². The molecule has 4 nitrogen and oxygen atoms in total. The number of allylic oxidation sites excluding steroid dienone is 1. The molecule has 1 aliphatic carbocycles. The normalized spacial score (nSPS) is 24.8. The van der Waals surface area contributed by atoms with E-state index in [1.54, 1.807) is 0 Å². The van der Waals surface area contributed by atoms with Crippen molar-refractivity contribution in [1.82, 2.24) is 0 Å². The lowest BCUT2D eigenvalue weighted by atomic mass is 9.65. The molecule has 0 spiro atoms. The van der Waals surface area contributed by atoms with Crippen LogP contribution in [0.2, 0.25) is 0 Å². The Hall–Kier alpha value is -3.05. The summed E-state index contributed by atoms with van der Waals surface area (Å²) in [7, 11) is 0. The summed E-state index contributed by atoms with van der Waals surface area (Å²) in [5.74, 6) is 1.20. The van der Waals surface area contributed by atoms with Gasteiger partial charge in [-0.05, 0) is 53.4 Å². The van der Waals surface area contributed by atoms with Crippen molar-refractivity contribution in [1.29, 1.82) is 0 Å². The molecule has 3 unspecified atom stereocenters. The number of hydrogen-bond acceptors (Lipinski definition) is 3.